The summed E-state index contributed by atoms with van der Waals surface area (Å²) < 4.78 is 0. The molecule has 0 spiro atoms. The van der Waals surface area contributed by atoms with Crippen LogP contribution in [0, 0.1) is 12.8 Å². The molecule has 0 aliphatic rings. The Balaban J connectivity index is 2.77. The number of benzene rings is 1. The molecule has 1 atom stereocenters. The maximum Gasteiger partial charge on any atom is -0.00754 e. The minimum atomic E-state index is 0.465. The average Bonchev–Trinajstić information content (AvgIpc) is 2.37. The molecule has 0 amide bonds. The van der Waals surface area contributed by atoms with Crippen molar-refractivity contribution in [2.24, 2.45) is 5.92 Å². The zero-order valence-electron chi connectivity index (χ0n) is 12.0. The fraction of sp³-hybridized carbons (Fsp3) is 0.333. The third-order valence-corrected chi connectivity index (χ3v) is 2.98. The van der Waals surface area contributed by atoms with Crippen LogP contribution in [0.2, 0.25) is 0 Å². The number of rotatable bonds is 5. The van der Waals surface area contributed by atoms with Crippen LogP contribution in [0.5, 0.6) is 0 Å². The summed E-state index contributed by atoms with van der Waals surface area (Å²) in [7, 11) is 0. The first-order chi connectivity index (χ1) is 8.67. The lowest BCUT2D eigenvalue weighted by Gasteiger charge is -2.05. The van der Waals surface area contributed by atoms with E-state index in [2.05, 4.69) is 69.4 Å². The van der Waals surface area contributed by atoms with E-state index in [0.29, 0.717) is 5.92 Å². The molecular formula is C18H24. The molecular weight excluding hydrogens is 216 g/mol. The molecule has 0 nitrogen and oxygen atoms in total. The minimum Gasteiger partial charge on any atom is -0.0877 e. The Bertz CT molecular complexity index is 447. The van der Waals surface area contributed by atoms with E-state index in [4.69, 9.17) is 0 Å². The molecule has 1 aromatic rings. The molecule has 0 aliphatic carbocycles. The molecule has 0 aromatic heterocycles. The zero-order chi connectivity index (χ0) is 13.4. The first kappa shape index (κ1) is 14.5. The second-order valence-electron chi connectivity index (χ2n) is 4.68. The number of hydrogen-bond donors (Lipinski definition) is 0. The molecule has 0 saturated carbocycles. The first-order valence-corrected chi connectivity index (χ1v) is 6.74. The van der Waals surface area contributed by atoms with Crippen molar-refractivity contribution in [3.8, 4) is 0 Å². The monoisotopic (exact) mass is 240 g/mol. The van der Waals surface area contributed by atoms with E-state index in [1.54, 1.807) is 0 Å². The lowest BCUT2D eigenvalue weighted by molar-refractivity contribution is 0.945. The maximum absolute atomic E-state index is 2.28. The fourth-order valence-electron chi connectivity index (χ4n) is 1.87. The number of hydrogen-bond acceptors (Lipinski definition) is 0. The zero-order valence-corrected chi connectivity index (χ0v) is 12.0. The SMILES string of the molecule is CC=CC=CC(C)C=Cc1ccc(C)cc1CC. The molecule has 0 heterocycles. The molecule has 18 heavy (non-hydrogen) atoms. The summed E-state index contributed by atoms with van der Waals surface area (Å²) in [6, 6.07) is 6.67. The number of allylic oxidation sites excluding steroid dienone is 5. The molecule has 1 aromatic carbocycles. The molecule has 0 saturated heterocycles. The van der Waals surface area contributed by atoms with E-state index < -0.39 is 0 Å². The van der Waals surface area contributed by atoms with Crippen LogP contribution in [-0.2, 0) is 6.42 Å². The van der Waals surface area contributed by atoms with Gasteiger partial charge in [-0.05, 0) is 37.3 Å². The predicted octanol–water partition coefficient (Wildman–Crippen LogP) is 5.34. The number of aryl methyl sites for hydroxylation is 2. The highest BCUT2D eigenvalue weighted by atomic mass is 14.0. The molecule has 0 N–H and O–H groups in total. The van der Waals surface area contributed by atoms with Gasteiger partial charge in [0.25, 0.3) is 0 Å². The van der Waals surface area contributed by atoms with Crippen molar-refractivity contribution in [3.63, 3.8) is 0 Å². The van der Waals surface area contributed by atoms with E-state index >= 15 is 0 Å². The normalized spacial score (nSPS) is 14.0. The summed E-state index contributed by atoms with van der Waals surface area (Å²) in [6.07, 6.45) is 14.0. The largest absolute Gasteiger partial charge is 0.0877 e. The third kappa shape index (κ3) is 4.75. The summed E-state index contributed by atoms with van der Waals surface area (Å²) in [4.78, 5) is 0. The van der Waals surface area contributed by atoms with Gasteiger partial charge in [-0.25, -0.2) is 0 Å². The highest BCUT2D eigenvalue weighted by Gasteiger charge is 1.98. The molecule has 0 heteroatoms. The summed E-state index contributed by atoms with van der Waals surface area (Å²) >= 11 is 0. The lowest BCUT2D eigenvalue weighted by Crippen LogP contribution is -1.88. The van der Waals surface area contributed by atoms with Crippen molar-refractivity contribution in [1.29, 1.82) is 0 Å². The van der Waals surface area contributed by atoms with E-state index in [0.717, 1.165) is 6.42 Å². The van der Waals surface area contributed by atoms with E-state index in [1.807, 2.05) is 13.0 Å². The Morgan fingerprint density at radius 3 is 2.61 bits per heavy atom. The van der Waals surface area contributed by atoms with Crippen molar-refractivity contribution >= 4 is 6.08 Å². The standard InChI is InChI=1S/C18H24/c1-5-7-8-9-15(3)10-12-18-13-11-16(4)14-17(18)6-2/h5,7-15H,6H2,1-4H3. The molecule has 0 radical (unpaired) electrons. The van der Waals surface area contributed by atoms with Crippen molar-refractivity contribution in [2.75, 3.05) is 0 Å². The van der Waals surface area contributed by atoms with Gasteiger partial charge in [-0.2, -0.15) is 0 Å². The van der Waals surface area contributed by atoms with Gasteiger partial charge in [-0.15, -0.1) is 0 Å². The van der Waals surface area contributed by atoms with Crippen LogP contribution in [0.25, 0.3) is 6.08 Å². The summed E-state index contributed by atoms with van der Waals surface area (Å²) in [6.45, 7) is 8.59. The Morgan fingerprint density at radius 2 is 1.94 bits per heavy atom. The molecule has 0 bridgehead atoms. The van der Waals surface area contributed by atoms with E-state index in [9.17, 15) is 0 Å². The first-order valence-electron chi connectivity index (χ1n) is 6.74. The molecule has 0 fully saturated rings. The summed E-state index contributed by atoms with van der Waals surface area (Å²) in [5.41, 5.74) is 4.11. The third-order valence-electron chi connectivity index (χ3n) is 2.98. The highest BCUT2D eigenvalue weighted by Crippen LogP contribution is 2.15. The molecule has 1 rings (SSSR count). The second-order valence-corrected chi connectivity index (χ2v) is 4.68. The molecule has 0 aliphatic heterocycles. The van der Waals surface area contributed by atoms with Gasteiger partial charge < -0.3 is 0 Å². The van der Waals surface area contributed by atoms with Gasteiger partial charge in [-0.1, -0.05) is 74.1 Å². The van der Waals surface area contributed by atoms with Gasteiger partial charge in [0.05, 0.1) is 0 Å². The quantitative estimate of drug-likeness (QED) is 0.609. The predicted molar refractivity (Wildman–Crippen MR) is 82.7 cm³/mol. The van der Waals surface area contributed by atoms with Gasteiger partial charge in [0.1, 0.15) is 0 Å². The minimum absolute atomic E-state index is 0.465. The van der Waals surface area contributed by atoms with Crippen molar-refractivity contribution in [1.82, 2.24) is 0 Å². The average molecular weight is 240 g/mol. The summed E-state index contributed by atoms with van der Waals surface area (Å²) in [5.74, 6) is 0.465. The molecule has 96 valence electrons. The van der Waals surface area contributed by atoms with Crippen LogP contribution in [0.1, 0.15) is 37.5 Å². The van der Waals surface area contributed by atoms with Crippen molar-refractivity contribution < 1.29 is 0 Å². The Hall–Kier alpha value is -1.56. The van der Waals surface area contributed by atoms with Crippen LogP contribution in [0.4, 0.5) is 0 Å². The van der Waals surface area contributed by atoms with Crippen molar-refractivity contribution in [3.05, 3.63) is 65.3 Å². The fourth-order valence-corrected chi connectivity index (χ4v) is 1.87. The van der Waals surface area contributed by atoms with Gasteiger partial charge in [-0.3, -0.25) is 0 Å². The van der Waals surface area contributed by atoms with Crippen LogP contribution in [-0.4, -0.2) is 0 Å². The summed E-state index contributed by atoms with van der Waals surface area (Å²) in [5, 5.41) is 0. The maximum atomic E-state index is 2.28. The van der Waals surface area contributed by atoms with Gasteiger partial charge in [0.2, 0.25) is 0 Å². The highest BCUT2D eigenvalue weighted by molar-refractivity contribution is 5.55. The van der Waals surface area contributed by atoms with Crippen LogP contribution in [0.3, 0.4) is 0 Å². The molecule has 1 unspecified atom stereocenters. The van der Waals surface area contributed by atoms with Crippen LogP contribution >= 0.6 is 0 Å². The Labute approximate surface area is 112 Å². The Morgan fingerprint density at radius 1 is 1.17 bits per heavy atom. The Kier molecular flexibility index (Phi) is 6.21. The smallest absolute Gasteiger partial charge is 0.00754 e. The van der Waals surface area contributed by atoms with E-state index in [-0.39, 0.29) is 0 Å². The second kappa shape index (κ2) is 7.71. The lowest BCUT2D eigenvalue weighted by atomic mass is 10.0. The van der Waals surface area contributed by atoms with Gasteiger partial charge in [0.15, 0.2) is 0 Å². The van der Waals surface area contributed by atoms with Crippen LogP contribution in [0.15, 0.2) is 48.6 Å². The van der Waals surface area contributed by atoms with Crippen LogP contribution < -0.4 is 0 Å². The van der Waals surface area contributed by atoms with E-state index in [1.165, 1.54) is 16.7 Å². The van der Waals surface area contributed by atoms with Gasteiger partial charge >= 0.3 is 0 Å². The topological polar surface area (TPSA) is 0 Å². The van der Waals surface area contributed by atoms with Crippen molar-refractivity contribution in [2.45, 2.75) is 34.1 Å². The van der Waals surface area contributed by atoms with Gasteiger partial charge in [0, 0.05) is 0 Å².